The molecule has 24 heavy (non-hydrogen) atoms. The van der Waals surface area contributed by atoms with Gasteiger partial charge in [-0.3, -0.25) is 4.79 Å². The van der Waals surface area contributed by atoms with Gasteiger partial charge in [-0.25, -0.2) is 4.18 Å². The highest BCUT2D eigenvalue weighted by molar-refractivity contribution is 7.86. The maximum atomic E-state index is 12.1. The molecule has 0 radical (unpaired) electrons. The number of rotatable bonds is 6. The summed E-state index contributed by atoms with van der Waals surface area (Å²) in [5.41, 5.74) is 1.24. The third-order valence-electron chi connectivity index (χ3n) is 2.60. The molecule has 0 heterocycles. The van der Waals surface area contributed by atoms with Crippen molar-refractivity contribution in [1.82, 2.24) is 10.2 Å². The molecule has 0 bridgehead atoms. The Morgan fingerprint density at radius 3 is 2.08 bits per heavy atom. The van der Waals surface area contributed by atoms with Gasteiger partial charge in [-0.2, -0.15) is 8.42 Å². The summed E-state index contributed by atoms with van der Waals surface area (Å²) in [6.07, 6.45) is -0.588. The zero-order valence-electron chi connectivity index (χ0n) is 15.3. The molecule has 0 aliphatic carbocycles. The number of amides is 1. The van der Waals surface area contributed by atoms with Crippen molar-refractivity contribution >= 4 is 16.0 Å². The van der Waals surface area contributed by atoms with E-state index < -0.39 is 22.3 Å². The van der Waals surface area contributed by atoms with Crippen LogP contribution in [0.1, 0.15) is 25.8 Å². The third kappa shape index (κ3) is 8.81. The maximum absolute atomic E-state index is 12.1. The lowest BCUT2D eigenvalue weighted by Gasteiger charge is -2.17. The molecule has 1 aromatic carbocycles. The second kappa shape index (κ2) is 10.2. The molecule has 7 heteroatoms. The summed E-state index contributed by atoms with van der Waals surface area (Å²) in [5.74, 6) is -0.434. The lowest BCUT2D eigenvalue weighted by atomic mass is 10.2. The van der Waals surface area contributed by atoms with E-state index in [9.17, 15) is 13.2 Å². The minimum absolute atomic E-state index is 0.0612. The van der Waals surface area contributed by atoms with Crippen molar-refractivity contribution in [2.45, 2.75) is 38.3 Å². The van der Waals surface area contributed by atoms with Crippen LogP contribution in [0.25, 0.3) is 0 Å². The molecule has 0 aromatic heterocycles. The number of benzene rings is 1. The molecular formula is C17H28N2O4S. The number of carbonyl (C=O) groups excluding carboxylic acids is 1. The Hall–Kier alpha value is -1.70. The first kappa shape index (κ1) is 22.3. The standard InChI is InChI=1S/C14H19NO4S.C3H9N/c1-5-13(15-14(16)10(2)3)19-20(17,18)12-8-6-11(4)7-9-12;1-4(2)3/h6-9,13H,2,5H2,1,3-4H3,(H,15,16);1-3H3. The van der Waals surface area contributed by atoms with Crippen LogP contribution in [0.4, 0.5) is 0 Å². The topological polar surface area (TPSA) is 75.7 Å². The molecule has 1 aromatic rings. The van der Waals surface area contributed by atoms with Crippen molar-refractivity contribution in [2.24, 2.45) is 0 Å². The summed E-state index contributed by atoms with van der Waals surface area (Å²) in [4.78, 5) is 13.6. The first-order valence-corrected chi connectivity index (χ1v) is 8.97. The Kier molecular flexibility index (Phi) is 9.50. The first-order valence-electron chi connectivity index (χ1n) is 7.56. The highest BCUT2D eigenvalue weighted by Gasteiger charge is 2.22. The Balaban J connectivity index is 0.00000118. The zero-order valence-corrected chi connectivity index (χ0v) is 16.1. The van der Waals surface area contributed by atoms with E-state index in [1.165, 1.54) is 19.1 Å². The van der Waals surface area contributed by atoms with Crippen molar-refractivity contribution in [3.05, 3.63) is 42.0 Å². The Morgan fingerprint density at radius 1 is 1.25 bits per heavy atom. The average Bonchev–Trinajstić information content (AvgIpc) is 2.45. The fourth-order valence-corrected chi connectivity index (χ4v) is 2.45. The van der Waals surface area contributed by atoms with Crippen LogP contribution in [0, 0.1) is 6.92 Å². The lowest BCUT2D eigenvalue weighted by Crippen LogP contribution is -2.38. The van der Waals surface area contributed by atoms with Gasteiger partial charge in [0.05, 0.1) is 4.90 Å². The van der Waals surface area contributed by atoms with E-state index in [0.29, 0.717) is 12.0 Å². The Labute approximate surface area is 145 Å². The van der Waals surface area contributed by atoms with E-state index in [1.54, 1.807) is 19.1 Å². The number of hydrogen-bond acceptors (Lipinski definition) is 5. The number of nitrogens with one attached hydrogen (secondary N) is 1. The molecular weight excluding hydrogens is 328 g/mol. The van der Waals surface area contributed by atoms with Crippen LogP contribution in [0.3, 0.4) is 0 Å². The molecule has 6 nitrogen and oxygen atoms in total. The fraction of sp³-hybridized carbons (Fsp3) is 0.471. The van der Waals surface area contributed by atoms with Gasteiger partial charge in [-0.1, -0.05) is 31.2 Å². The molecule has 0 fully saturated rings. The normalized spacial score (nSPS) is 12.1. The van der Waals surface area contributed by atoms with Gasteiger partial charge in [0, 0.05) is 5.57 Å². The zero-order chi connectivity index (χ0) is 18.9. The van der Waals surface area contributed by atoms with Crippen LogP contribution in [0.2, 0.25) is 0 Å². The molecule has 1 amide bonds. The second-order valence-electron chi connectivity index (χ2n) is 5.86. The first-order chi connectivity index (χ1) is 11.0. The van der Waals surface area contributed by atoms with Crippen molar-refractivity contribution in [3.63, 3.8) is 0 Å². The van der Waals surface area contributed by atoms with E-state index in [-0.39, 0.29) is 4.90 Å². The summed E-state index contributed by atoms with van der Waals surface area (Å²) >= 11 is 0. The SMILES string of the molecule is C=C(C)C(=O)NC(CC)OS(=O)(=O)c1ccc(C)cc1.CN(C)C. The highest BCUT2D eigenvalue weighted by atomic mass is 32.2. The minimum Gasteiger partial charge on any atom is -0.326 e. The number of hydrogen-bond donors (Lipinski definition) is 1. The Morgan fingerprint density at radius 2 is 1.71 bits per heavy atom. The van der Waals surface area contributed by atoms with Gasteiger partial charge in [0.15, 0.2) is 0 Å². The average molecular weight is 356 g/mol. The van der Waals surface area contributed by atoms with Crippen LogP contribution in [0.15, 0.2) is 41.3 Å². The van der Waals surface area contributed by atoms with Crippen LogP contribution >= 0.6 is 0 Å². The van der Waals surface area contributed by atoms with Gasteiger partial charge in [0.25, 0.3) is 10.1 Å². The van der Waals surface area contributed by atoms with Crippen LogP contribution in [-0.4, -0.2) is 46.6 Å². The predicted octanol–water partition coefficient (Wildman–Crippen LogP) is 2.31. The quantitative estimate of drug-likeness (QED) is 0.481. The molecule has 0 aliphatic rings. The summed E-state index contributed by atoms with van der Waals surface area (Å²) in [6, 6.07) is 6.31. The van der Waals surface area contributed by atoms with Gasteiger partial charge < -0.3 is 10.2 Å². The largest absolute Gasteiger partial charge is 0.326 e. The lowest BCUT2D eigenvalue weighted by molar-refractivity contribution is -0.119. The monoisotopic (exact) mass is 356 g/mol. The summed E-state index contributed by atoms with van der Waals surface area (Å²) in [5, 5.41) is 2.46. The summed E-state index contributed by atoms with van der Waals surface area (Å²) in [7, 11) is 2.10. The molecule has 1 unspecified atom stereocenters. The van der Waals surface area contributed by atoms with Crippen molar-refractivity contribution in [3.8, 4) is 0 Å². The van der Waals surface area contributed by atoms with Crippen molar-refractivity contribution in [1.29, 1.82) is 0 Å². The van der Waals surface area contributed by atoms with Crippen molar-refractivity contribution in [2.75, 3.05) is 21.1 Å². The van der Waals surface area contributed by atoms with Gasteiger partial charge >= 0.3 is 0 Å². The Bertz CT molecular complexity index is 634. The molecule has 0 aliphatic heterocycles. The van der Waals surface area contributed by atoms with Gasteiger partial charge in [0.1, 0.15) is 6.23 Å². The number of nitrogens with zero attached hydrogens (tertiary/aromatic N) is 1. The maximum Gasteiger partial charge on any atom is 0.298 e. The summed E-state index contributed by atoms with van der Waals surface area (Å²) in [6.45, 7) is 8.60. The summed E-state index contributed by atoms with van der Waals surface area (Å²) < 4.78 is 29.2. The van der Waals surface area contributed by atoms with Crippen LogP contribution in [-0.2, 0) is 19.1 Å². The molecule has 136 valence electrons. The molecule has 1 rings (SSSR count). The van der Waals surface area contributed by atoms with E-state index >= 15 is 0 Å². The molecule has 0 spiro atoms. The number of carbonyl (C=O) groups is 1. The van der Waals surface area contributed by atoms with E-state index in [1.807, 2.05) is 33.0 Å². The van der Waals surface area contributed by atoms with Crippen molar-refractivity contribution < 1.29 is 17.4 Å². The van der Waals surface area contributed by atoms with E-state index in [4.69, 9.17) is 4.18 Å². The van der Waals surface area contributed by atoms with E-state index in [0.717, 1.165) is 5.56 Å². The van der Waals surface area contributed by atoms with E-state index in [2.05, 4.69) is 11.9 Å². The van der Waals surface area contributed by atoms with Crippen LogP contribution in [0.5, 0.6) is 0 Å². The molecule has 1 atom stereocenters. The predicted molar refractivity (Wildman–Crippen MR) is 96.1 cm³/mol. The molecule has 0 saturated heterocycles. The minimum atomic E-state index is -3.90. The third-order valence-corrected chi connectivity index (χ3v) is 3.94. The molecule has 0 saturated carbocycles. The molecule has 1 N–H and O–H groups in total. The van der Waals surface area contributed by atoms with Crippen LogP contribution < -0.4 is 5.32 Å². The fourth-order valence-electron chi connectivity index (χ4n) is 1.38. The van der Waals surface area contributed by atoms with Gasteiger partial charge in [-0.05, 0) is 53.5 Å². The number of aryl methyl sites for hydroxylation is 1. The van der Waals surface area contributed by atoms with Gasteiger partial charge in [0.2, 0.25) is 5.91 Å². The smallest absolute Gasteiger partial charge is 0.298 e. The highest BCUT2D eigenvalue weighted by Crippen LogP contribution is 2.15. The van der Waals surface area contributed by atoms with Gasteiger partial charge in [-0.15, -0.1) is 0 Å². The second-order valence-corrected chi connectivity index (χ2v) is 7.43.